The number of rotatable bonds is 1. The molecule has 2 N–H and O–H groups in total. The van der Waals surface area contributed by atoms with E-state index in [0.717, 1.165) is 13.1 Å². The monoisotopic (exact) mass is 183 g/mol. The summed E-state index contributed by atoms with van der Waals surface area (Å²) in [5, 5.41) is 23.6. The lowest BCUT2D eigenvalue weighted by Crippen LogP contribution is -2.41. The topological polar surface area (TPSA) is 77.9 Å². The van der Waals surface area contributed by atoms with E-state index in [-0.39, 0.29) is 0 Å². The summed E-state index contributed by atoms with van der Waals surface area (Å²) in [6.07, 6.45) is 1.34. The molecule has 0 unspecified atom stereocenters. The Bertz CT molecular complexity index is 264. The van der Waals surface area contributed by atoms with Gasteiger partial charge in [-0.25, -0.2) is 0 Å². The number of nitrogens with one attached hydrogen (secondary N) is 1. The lowest BCUT2D eigenvalue weighted by molar-refractivity contribution is -0.0276. The van der Waals surface area contributed by atoms with Crippen LogP contribution in [0.25, 0.3) is 0 Å². The predicted octanol–water partition coefficient (Wildman–Crippen LogP) is -0.887. The van der Waals surface area contributed by atoms with Crippen LogP contribution in [-0.4, -0.2) is 50.8 Å². The summed E-state index contributed by atoms with van der Waals surface area (Å²) in [6.45, 7) is 1.73. The fourth-order valence-corrected chi connectivity index (χ4v) is 1.57. The molecule has 2 rings (SSSR count). The number of hydrogen-bond donors (Lipinski definition) is 2. The smallest absolute Gasteiger partial charge is 0.206 e. The van der Waals surface area contributed by atoms with Gasteiger partial charge in [0.2, 0.25) is 5.82 Å². The van der Waals surface area contributed by atoms with E-state index < -0.39 is 5.60 Å². The van der Waals surface area contributed by atoms with E-state index in [4.69, 9.17) is 0 Å². The van der Waals surface area contributed by atoms with Crippen LogP contribution >= 0.6 is 0 Å². The van der Waals surface area contributed by atoms with Gasteiger partial charge in [-0.3, -0.25) is 0 Å². The van der Waals surface area contributed by atoms with Gasteiger partial charge in [-0.1, -0.05) is 5.21 Å². The molecular weight excluding hydrogens is 170 g/mol. The van der Waals surface area contributed by atoms with Gasteiger partial charge in [-0.15, -0.1) is 10.2 Å². The maximum absolute atomic E-state index is 10.1. The number of aliphatic hydroxyl groups is 1. The molecule has 0 radical (unpaired) electrons. The second kappa shape index (κ2) is 3.04. The van der Waals surface area contributed by atoms with Crippen molar-refractivity contribution in [2.45, 2.75) is 18.4 Å². The van der Waals surface area contributed by atoms with E-state index in [1.54, 1.807) is 0 Å². The molecular formula is C7H13N5O. The molecule has 0 atom stereocenters. The van der Waals surface area contributed by atoms with Gasteiger partial charge in [0.15, 0.2) is 0 Å². The molecule has 1 aromatic rings. The Morgan fingerprint density at radius 3 is 2.69 bits per heavy atom. The number of nitrogens with zero attached hydrogens (tertiary/aromatic N) is 4. The van der Waals surface area contributed by atoms with Crippen LogP contribution in [0.3, 0.4) is 0 Å². The molecule has 6 nitrogen and oxygen atoms in total. The van der Waals surface area contributed by atoms with E-state index in [1.165, 1.54) is 0 Å². The van der Waals surface area contributed by atoms with Crippen molar-refractivity contribution >= 4 is 0 Å². The molecule has 1 fully saturated rings. The van der Waals surface area contributed by atoms with Gasteiger partial charge in [0.1, 0.15) is 5.60 Å². The first kappa shape index (κ1) is 8.58. The number of H-pyrrole nitrogens is 1. The fourth-order valence-electron chi connectivity index (χ4n) is 1.57. The minimum absolute atomic E-state index is 0.417. The summed E-state index contributed by atoms with van der Waals surface area (Å²) >= 11 is 0. The first-order valence-electron chi connectivity index (χ1n) is 4.35. The van der Waals surface area contributed by atoms with Crippen molar-refractivity contribution < 1.29 is 5.11 Å². The third kappa shape index (κ3) is 1.54. The van der Waals surface area contributed by atoms with Crippen LogP contribution in [0.15, 0.2) is 0 Å². The molecule has 6 heteroatoms. The first-order valence-corrected chi connectivity index (χ1v) is 4.35. The molecule has 0 aromatic carbocycles. The largest absolute Gasteiger partial charge is 0.382 e. The van der Waals surface area contributed by atoms with E-state index in [0.29, 0.717) is 18.7 Å². The summed E-state index contributed by atoms with van der Waals surface area (Å²) in [6, 6.07) is 0. The Balaban J connectivity index is 2.13. The van der Waals surface area contributed by atoms with Gasteiger partial charge < -0.3 is 10.0 Å². The Kier molecular flexibility index (Phi) is 2.01. The zero-order valence-electron chi connectivity index (χ0n) is 7.56. The second-order valence-corrected chi connectivity index (χ2v) is 3.57. The van der Waals surface area contributed by atoms with Crippen molar-refractivity contribution in [3.8, 4) is 0 Å². The Hall–Kier alpha value is -1.01. The van der Waals surface area contributed by atoms with Crippen molar-refractivity contribution in [3.63, 3.8) is 0 Å². The summed E-state index contributed by atoms with van der Waals surface area (Å²) in [5.41, 5.74) is -0.875. The first-order chi connectivity index (χ1) is 6.21. The second-order valence-electron chi connectivity index (χ2n) is 3.57. The molecule has 1 saturated heterocycles. The number of tetrazole rings is 1. The fraction of sp³-hybridized carbons (Fsp3) is 0.857. The van der Waals surface area contributed by atoms with Crippen LogP contribution in [-0.2, 0) is 5.60 Å². The highest BCUT2D eigenvalue weighted by atomic mass is 16.3. The normalized spacial score (nSPS) is 23.2. The van der Waals surface area contributed by atoms with E-state index in [2.05, 4.69) is 25.5 Å². The van der Waals surface area contributed by atoms with Crippen LogP contribution in [0, 0.1) is 0 Å². The highest BCUT2D eigenvalue weighted by Crippen LogP contribution is 2.28. The van der Waals surface area contributed by atoms with Crippen molar-refractivity contribution in [2.75, 3.05) is 20.1 Å². The van der Waals surface area contributed by atoms with E-state index in [9.17, 15) is 5.11 Å². The number of hydrogen-bond acceptors (Lipinski definition) is 5. The quantitative estimate of drug-likeness (QED) is 0.590. The molecule has 0 bridgehead atoms. The predicted molar refractivity (Wildman–Crippen MR) is 44.8 cm³/mol. The maximum Gasteiger partial charge on any atom is 0.206 e. The summed E-state index contributed by atoms with van der Waals surface area (Å²) in [5.74, 6) is 0.417. The molecule has 13 heavy (non-hydrogen) atoms. The van der Waals surface area contributed by atoms with Crippen LogP contribution in [0.5, 0.6) is 0 Å². The van der Waals surface area contributed by atoms with Crippen molar-refractivity contribution in [1.82, 2.24) is 25.5 Å². The SMILES string of the molecule is CN1CCC(O)(c2nn[nH]n2)CC1. The molecule has 2 heterocycles. The third-order valence-corrected chi connectivity index (χ3v) is 2.58. The zero-order chi connectivity index (χ0) is 9.31. The van der Waals surface area contributed by atoms with Gasteiger partial charge in [-0.05, 0) is 19.9 Å². The molecule has 0 aliphatic carbocycles. The third-order valence-electron chi connectivity index (χ3n) is 2.58. The van der Waals surface area contributed by atoms with E-state index in [1.807, 2.05) is 7.05 Å². The van der Waals surface area contributed by atoms with Gasteiger partial charge in [0, 0.05) is 13.1 Å². The number of aromatic amines is 1. The lowest BCUT2D eigenvalue weighted by atomic mass is 9.91. The summed E-state index contributed by atoms with van der Waals surface area (Å²) < 4.78 is 0. The van der Waals surface area contributed by atoms with Gasteiger partial charge in [0.05, 0.1) is 0 Å². The molecule has 1 aliphatic heterocycles. The van der Waals surface area contributed by atoms with Crippen molar-refractivity contribution in [3.05, 3.63) is 5.82 Å². The highest BCUT2D eigenvalue weighted by Gasteiger charge is 2.36. The summed E-state index contributed by atoms with van der Waals surface area (Å²) in [4.78, 5) is 2.18. The standard InChI is InChI=1S/C7H13N5O/c1-12-4-2-7(13,3-5-12)6-8-10-11-9-6/h13H,2-5H2,1H3,(H,8,9,10,11). The average Bonchev–Trinajstić information content (AvgIpc) is 2.63. The van der Waals surface area contributed by atoms with Crippen LogP contribution in [0.1, 0.15) is 18.7 Å². The maximum atomic E-state index is 10.1. The Morgan fingerprint density at radius 1 is 1.46 bits per heavy atom. The highest BCUT2D eigenvalue weighted by molar-refractivity contribution is 4.99. The van der Waals surface area contributed by atoms with E-state index >= 15 is 0 Å². The molecule has 0 saturated carbocycles. The van der Waals surface area contributed by atoms with Gasteiger partial charge in [-0.2, -0.15) is 5.21 Å². The number of aromatic nitrogens is 4. The van der Waals surface area contributed by atoms with Gasteiger partial charge in [0.25, 0.3) is 0 Å². The molecule has 0 amide bonds. The summed E-state index contributed by atoms with van der Waals surface area (Å²) in [7, 11) is 2.04. The molecule has 1 aliphatic rings. The van der Waals surface area contributed by atoms with Crippen LogP contribution < -0.4 is 0 Å². The van der Waals surface area contributed by atoms with Crippen LogP contribution in [0.4, 0.5) is 0 Å². The minimum atomic E-state index is -0.875. The number of likely N-dealkylation sites (tertiary alicyclic amines) is 1. The Morgan fingerprint density at radius 2 is 2.15 bits per heavy atom. The Labute approximate surface area is 75.9 Å². The van der Waals surface area contributed by atoms with Crippen molar-refractivity contribution in [1.29, 1.82) is 0 Å². The van der Waals surface area contributed by atoms with Gasteiger partial charge >= 0.3 is 0 Å². The van der Waals surface area contributed by atoms with Crippen LogP contribution in [0.2, 0.25) is 0 Å². The zero-order valence-corrected chi connectivity index (χ0v) is 7.56. The molecule has 72 valence electrons. The molecule has 1 aromatic heterocycles. The van der Waals surface area contributed by atoms with Crippen molar-refractivity contribution in [2.24, 2.45) is 0 Å². The number of piperidine rings is 1. The lowest BCUT2D eigenvalue weighted by Gasteiger charge is -2.33. The molecule has 0 spiro atoms. The average molecular weight is 183 g/mol. The minimum Gasteiger partial charge on any atom is -0.382 e.